The Kier molecular flexibility index (Phi) is 4.03. The smallest absolute Gasteiger partial charge is 0.185 e. The highest BCUT2D eigenvalue weighted by molar-refractivity contribution is 7.13. The molecule has 0 aliphatic carbocycles. The van der Waals surface area contributed by atoms with Crippen molar-refractivity contribution in [2.75, 3.05) is 0 Å². The lowest BCUT2D eigenvalue weighted by molar-refractivity contribution is 0.104. The fourth-order valence-corrected chi connectivity index (χ4v) is 2.73. The summed E-state index contributed by atoms with van der Waals surface area (Å²) < 4.78 is 0. The van der Waals surface area contributed by atoms with E-state index in [1.165, 1.54) is 0 Å². The molecule has 102 valence electrons. The largest absolute Gasteiger partial charge is 0.289 e. The molecular formula is C18H13NOS. The topological polar surface area (TPSA) is 30.0 Å². The van der Waals surface area contributed by atoms with Gasteiger partial charge in [0.1, 0.15) is 5.01 Å². The summed E-state index contributed by atoms with van der Waals surface area (Å²) in [6, 6.07) is 19.3. The van der Waals surface area contributed by atoms with Crippen molar-refractivity contribution in [2.24, 2.45) is 0 Å². The highest BCUT2D eigenvalue weighted by Gasteiger charge is 2.03. The molecule has 21 heavy (non-hydrogen) atoms. The maximum absolute atomic E-state index is 12.0. The summed E-state index contributed by atoms with van der Waals surface area (Å²) in [5, 5.41) is 2.92. The van der Waals surface area contributed by atoms with Gasteiger partial charge in [0, 0.05) is 16.5 Å². The fraction of sp³-hybridized carbons (Fsp3) is 0. The van der Waals surface area contributed by atoms with E-state index in [2.05, 4.69) is 4.98 Å². The van der Waals surface area contributed by atoms with Crippen LogP contribution in [0.3, 0.4) is 0 Å². The van der Waals surface area contributed by atoms with E-state index < -0.39 is 0 Å². The van der Waals surface area contributed by atoms with Gasteiger partial charge in [-0.05, 0) is 12.2 Å². The van der Waals surface area contributed by atoms with Crippen molar-refractivity contribution in [2.45, 2.75) is 0 Å². The maximum atomic E-state index is 12.0. The van der Waals surface area contributed by atoms with Crippen LogP contribution in [-0.4, -0.2) is 10.8 Å². The van der Waals surface area contributed by atoms with E-state index in [1.807, 2.05) is 66.0 Å². The first-order valence-corrected chi connectivity index (χ1v) is 7.49. The van der Waals surface area contributed by atoms with Crippen LogP contribution in [0, 0.1) is 0 Å². The van der Waals surface area contributed by atoms with Crippen LogP contribution in [0.1, 0.15) is 16.1 Å². The van der Waals surface area contributed by atoms with E-state index in [0.29, 0.717) is 5.56 Å². The second kappa shape index (κ2) is 6.29. The fourth-order valence-electron chi connectivity index (χ4n) is 1.94. The summed E-state index contributed by atoms with van der Waals surface area (Å²) in [6.07, 6.45) is 3.33. The Bertz CT molecular complexity index is 760. The third-order valence-corrected chi connectivity index (χ3v) is 3.92. The Hall–Kier alpha value is -2.52. The molecule has 1 heterocycles. The number of carbonyl (C=O) groups is 1. The van der Waals surface area contributed by atoms with Gasteiger partial charge in [0.05, 0.1) is 5.69 Å². The van der Waals surface area contributed by atoms with Crippen molar-refractivity contribution < 1.29 is 4.79 Å². The highest BCUT2D eigenvalue weighted by atomic mass is 32.1. The van der Waals surface area contributed by atoms with E-state index in [0.717, 1.165) is 16.3 Å². The molecule has 3 heteroatoms. The Morgan fingerprint density at radius 2 is 1.62 bits per heavy atom. The number of benzene rings is 2. The summed E-state index contributed by atoms with van der Waals surface area (Å²) in [7, 11) is 0. The molecule has 1 aromatic heterocycles. The summed E-state index contributed by atoms with van der Waals surface area (Å²) in [5.41, 5.74) is 2.59. The molecule has 0 radical (unpaired) electrons. The SMILES string of the molecule is O=C(/C=C/c1csc(-c2ccccc2)n1)c1ccccc1. The van der Waals surface area contributed by atoms with Gasteiger partial charge in [-0.3, -0.25) is 4.79 Å². The zero-order valence-electron chi connectivity index (χ0n) is 11.3. The van der Waals surface area contributed by atoms with Crippen molar-refractivity contribution in [1.82, 2.24) is 4.98 Å². The van der Waals surface area contributed by atoms with Crippen molar-refractivity contribution in [1.29, 1.82) is 0 Å². The van der Waals surface area contributed by atoms with Crippen molar-refractivity contribution >= 4 is 23.2 Å². The molecule has 0 fully saturated rings. The van der Waals surface area contributed by atoms with Crippen LogP contribution < -0.4 is 0 Å². The van der Waals surface area contributed by atoms with E-state index in [4.69, 9.17) is 0 Å². The molecule has 0 saturated heterocycles. The summed E-state index contributed by atoms with van der Waals surface area (Å²) in [4.78, 5) is 16.5. The van der Waals surface area contributed by atoms with Crippen molar-refractivity contribution in [3.63, 3.8) is 0 Å². The number of ketones is 1. The summed E-state index contributed by atoms with van der Waals surface area (Å²) in [6.45, 7) is 0. The standard InChI is InChI=1S/C18H13NOS/c20-17(14-7-3-1-4-8-14)12-11-16-13-21-18(19-16)15-9-5-2-6-10-15/h1-13H/b12-11+. The Balaban J connectivity index is 1.76. The lowest BCUT2D eigenvalue weighted by Gasteiger charge is -1.94. The summed E-state index contributed by atoms with van der Waals surface area (Å²) in [5.74, 6) is -0.00939. The van der Waals surface area contributed by atoms with Gasteiger partial charge >= 0.3 is 0 Å². The molecule has 0 N–H and O–H groups in total. The lowest BCUT2D eigenvalue weighted by Crippen LogP contribution is -1.92. The molecule has 0 aliphatic rings. The Morgan fingerprint density at radius 3 is 2.33 bits per heavy atom. The van der Waals surface area contributed by atoms with Gasteiger partial charge in [-0.25, -0.2) is 4.98 Å². The molecule has 0 atom stereocenters. The lowest BCUT2D eigenvalue weighted by atomic mass is 10.1. The third-order valence-electron chi connectivity index (χ3n) is 3.01. The van der Waals surface area contributed by atoms with Crippen LogP contribution in [0.25, 0.3) is 16.6 Å². The van der Waals surface area contributed by atoms with E-state index in [-0.39, 0.29) is 5.78 Å². The minimum atomic E-state index is -0.00939. The maximum Gasteiger partial charge on any atom is 0.185 e. The summed E-state index contributed by atoms with van der Waals surface area (Å²) >= 11 is 1.58. The molecule has 0 spiro atoms. The van der Waals surface area contributed by atoms with Gasteiger partial charge in [-0.1, -0.05) is 60.7 Å². The first kappa shape index (κ1) is 13.5. The van der Waals surface area contributed by atoms with E-state index in [1.54, 1.807) is 23.5 Å². The molecule has 3 aromatic rings. The normalized spacial score (nSPS) is 10.9. The van der Waals surface area contributed by atoms with Gasteiger partial charge in [0.15, 0.2) is 5.78 Å². The number of rotatable bonds is 4. The average Bonchev–Trinajstić information content (AvgIpc) is 3.03. The molecule has 2 aromatic carbocycles. The van der Waals surface area contributed by atoms with Gasteiger partial charge in [0.2, 0.25) is 0 Å². The monoisotopic (exact) mass is 291 g/mol. The van der Waals surface area contributed by atoms with Crippen LogP contribution >= 0.6 is 11.3 Å². The number of nitrogens with zero attached hydrogens (tertiary/aromatic N) is 1. The van der Waals surface area contributed by atoms with Crippen LogP contribution in [0.15, 0.2) is 72.1 Å². The second-order valence-electron chi connectivity index (χ2n) is 4.51. The van der Waals surface area contributed by atoms with Crippen LogP contribution in [-0.2, 0) is 0 Å². The average molecular weight is 291 g/mol. The number of thiazole rings is 1. The molecule has 0 saturated carbocycles. The molecule has 3 rings (SSSR count). The van der Waals surface area contributed by atoms with E-state index in [9.17, 15) is 4.79 Å². The molecule has 0 aliphatic heterocycles. The van der Waals surface area contributed by atoms with Crippen LogP contribution in [0.4, 0.5) is 0 Å². The predicted octanol–water partition coefficient (Wildman–Crippen LogP) is 4.71. The number of carbonyl (C=O) groups excluding carboxylic acids is 1. The van der Waals surface area contributed by atoms with Gasteiger partial charge in [-0.15, -0.1) is 11.3 Å². The Labute approximate surface area is 127 Å². The van der Waals surface area contributed by atoms with Gasteiger partial charge < -0.3 is 0 Å². The third kappa shape index (κ3) is 3.33. The Morgan fingerprint density at radius 1 is 0.952 bits per heavy atom. The minimum Gasteiger partial charge on any atom is -0.289 e. The first-order valence-electron chi connectivity index (χ1n) is 6.61. The molecular weight excluding hydrogens is 278 g/mol. The molecule has 0 bridgehead atoms. The van der Waals surface area contributed by atoms with Crippen molar-refractivity contribution in [3.05, 3.63) is 83.4 Å². The van der Waals surface area contributed by atoms with Gasteiger partial charge in [0.25, 0.3) is 0 Å². The zero-order chi connectivity index (χ0) is 14.5. The first-order chi connectivity index (χ1) is 10.3. The highest BCUT2D eigenvalue weighted by Crippen LogP contribution is 2.23. The van der Waals surface area contributed by atoms with Crippen LogP contribution in [0.2, 0.25) is 0 Å². The predicted molar refractivity (Wildman–Crippen MR) is 87.4 cm³/mol. The number of hydrogen-bond acceptors (Lipinski definition) is 3. The van der Waals surface area contributed by atoms with Crippen molar-refractivity contribution in [3.8, 4) is 10.6 Å². The number of allylic oxidation sites excluding steroid dienone is 1. The minimum absolute atomic E-state index is 0.00939. The zero-order valence-corrected chi connectivity index (χ0v) is 12.1. The molecule has 2 nitrogen and oxygen atoms in total. The second-order valence-corrected chi connectivity index (χ2v) is 5.37. The molecule has 0 unspecified atom stereocenters. The number of hydrogen-bond donors (Lipinski definition) is 0. The van der Waals surface area contributed by atoms with E-state index >= 15 is 0 Å². The quantitative estimate of drug-likeness (QED) is 0.515. The van der Waals surface area contributed by atoms with Crippen LogP contribution in [0.5, 0.6) is 0 Å². The number of aromatic nitrogens is 1. The molecule has 0 amide bonds. The van der Waals surface area contributed by atoms with Gasteiger partial charge in [-0.2, -0.15) is 0 Å².